The van der Waals surface area contributed by atoms with Crippen LogP contribution < -0.4 is 0 Å². The number of nitrogens with zero attached hydrogens (tertiary/aromatic N) is 2. The van der Waals surface area contributed by atoms with Crippen molar-refractivity contribution in [3.8, 4) is 5.75 Å². The standard InChI is InChI=1S/C32H51F2N2O9P/c1-11-43-46(42)17-16-35(20-21-18-22(33)24(37)23(34)19-21)25(29(2,3)4)32(46,26(38)39)14-12-13-15-36(27(40)44-30(5,6)7)28(41)45-31(8,9)10/h18-19,25,37H,11-17,20H2,1-10H3,(H,38,39). The third-order valence-electron chi connectivity index (χ3n) is 7.52. The summed E-state index contributed by atoms with van der Waals surface area (Å²) >= 11 is 0. The molecule has 3 unspecified atom stereocenters. The molecule has 11 nitrogen and oxygen atoms in total. The predicted octanol–water partition coefficient (Wildman–Crippen LogP) is 7.38. The molecule has 0 bridgehead atoms. The molecule has 1 aromatic carbocycles. The van der Waals surface area contributed by atoms with Crippen LogP contribution in [-0.4, -0.2) is 86.4 Å². The summed E-state index contributed by atoms with van der Waals surface area (Å²) in [5.74, 6) is -4.75. The van der Waals surface area contributed by atoms with Gasteiger partial charge in [0.15, 0.2) is 22.5 Å². The van der Waals surface area contributed by atoms with Crippen molar-refractivity contribution in [1.82, 2.24) is 9.80 Å². The van der Waals surface area contributed by atoms with Crippen molar-refractivity contribution in [2.45, 2.75) is 117 Å². The van der Waals surface area contributed by atoms with Crippen molar-refractivity contribution in [2.75, 3.05) is 25.9 Å². The van der Waals surface area contributed by atoms with Gasteiger partial charge in [-0.05, 0) is 90.8 Å². The summed E-state index contributed by atoms with van der Waals surface area (Å²) in [5, 5.41) is 18.6. The summed E-state index contributed by atoms with van der Waals surface area (Å²) in [7, 11) is -3.92. The zero-order valence-electron chi connectivity index (χ0n) is 28.7. The molecule has 262 valence electrons. The minimum absolute atomic E-state index is 0.00260. The normalized spacial score (nSPS) is 22.7. The van der Waals surface area contributed by atoms with Gasteiger partial charge in [-0.25, -0.2) is 23.3 Å². The number of aliphatic carboxylic acids is 1. The van der Waals surface area contributed by atoms with Crippen LogP contribution >= 0.6 is 7.37 Å². The molecule has 0 aromatic heterocycles. The van der Waals surface area contributed by atoms with E-state index in [0.29, 0.717) is 0 Å². The first-order valence-electron chi connectivity index (χ1n) is 15.5. The van der Waals surface area contributed by atoms with E-state index in [1.165, 1.54) is 0 Å². The Kier molecular flexibility index (Phi) is 12.5. The van der Waals surface area contributed by atoms with Crippen molar-refractivity contribution < 1.29 is 51.9 Å². The molecule has 0 aliphatic carbocycles. The Hall–Kier alpha value is -2.76. The van der Waals surface area contributed by atoms with Gasteiger partial charge in [0.1, 0.15) is 11.2 Å². The maximum Gasteiger partial charge on any atom is 0.419 e. The summed E-state index contributed by atoms with van der Waals surface area (Å²) in [6, 6.07) is 1.04. The van der Waals surface area contributed by atoms with Crippen LogP contribution in [-0.2, 0) is 29.9 Å². The summed E-state index contributed by atoms with van der Waals surface area (Å²) in [6.45, 7) is 16.9. The number of benzene rings is 1. The molecule has 1 aromatic rings. The molecular formula is C32H51F2N2O9P. The van der Waals surface area contributed by atoms with E-state index in [1.54, 1.807) is 74.1 Å². The van der Waals surface area contributed by atoms with Crippen LogP contribution in [0.25, 0.3) is 0 Å². The van der Waals surface area contributed by atoms with Crippen molar-refractivity contribution in [3.63, 3.8) is 0 Å². The SMILES string of the molecule is CCOP1(=O)CCN(Cc2cc(F)c(O)c(F)c2)C(C(C)(C)C)C1(CCCCN(C(=O)OC(C)(C)C)C(=O)OC(C)(C)C)C(=O)O. The number of carbonyl (C=O) groups is 3. The fraction of sp³-hybridized carbons (Fsp3) is 0.719. The Bertz CT molecular complexity index is 1270. The van der Waals surface area contributed by atoms with E-state index in [-0.39, 0.29) is 57.2 Å². The first-order valence-corrected chi connectivity index (χ1v) is 17.3. The van der Waals surface area contributed by atoms with Gasteiger partial charge in [-0.2, -0.15) is 0 Å². The average molecular weight is 677 g/mol. The zero-order valence-corrected chi connectivity index (χ0v) is 29.6. The van der Waals surface area contributed by atoms with Crippen LogP contribution in [0.4, 0.5) is 18.4 Å². The van der Waals surface area contributed by atoms with E-state index in [1.807, 2.05) is 0 Å². The summed E-state index contributed by atoms with van der Waals surface area (Å²) in [6.07, 6.45) is -1.85. The number of aromatic hydroxyl groups is 1. The Morgan fingerprint density at radius 1 is 0.978 bits per heavy atom. The monoisotopic (exact) mass is 676 g/mol. The number of ether oxygens (including phenoxy) is 2. The smallest absolute Gasteiger partial charge is 0.419 e. The number of phenolic OH excluding ortho intramolecular Hbond substituents is 1. The molecule has 2 rings (SSSR count). The maximum absolute atomic E-state index is 14.7. The quantitative estimate of drug-likeness (QED) is 0.190. The number of rotatable bonds is 10. The van der Waals surface area contributed by atoms with E-state index < -0.39 is 70.7 Å². The average Bonchev–Trinajstić information content (AvgIpc) is 2.85. The first kappa shape index (κ1) is 39.4. The van der Waals surface area contributed by atoms with E-state index in [2.05, 4.69) is 0 Å². The topological polar surface area (TPSA) is 143 Å². The Morgan fingerprint density at radius 2 is 1.48 bits per heavy atom. The number of carbonyl (C=O) groups excluding carboxylic acids is 2. The van der Waals surface area contributed by atoms with Crippen molar-refractivity contribution in [1.29, 1.82) is 0 Å². The molecule has 1 saturated heterocycles. The third-order valence-corrected chi connectivity index (χ3v) is 10.9. The van der Waals surface area contributed by atoms with Crippen LogP contribution in [0.1, 0.15) is 94.1 Å². The maximum atomic E-state index is 14.7. The van der Waals surface area contributed by atoms with Gasteiger partial charge in [0.05, 0.1) is 6.61 Å². The van der Waals surface area contributed by atoms with Crippen LogP contribution in [0.5, 0.6) is 5.75 Å². The molecule has 0 radical (unpaired) electrons. The highest BCUT2D eigenvalue weighted by Gasteiger charge is 2.66. The van der Waals surface area contributed by atoms with Crippen molar-refractivity contribution in [2.24, 2.45) is 5.41 Å². The van der Waals surface area contributed by atoms with Crippen molar-refractivity contribution >= 4 is 25.5 Å². The molecule has 1 aliphatic rings. The lowest BCUT2D eigenvalue weighted by atomic mass is 9.74. The molecule has 1 fully saturated rings. The second kappa shape index (κ2) is 14.6. The van der Waals surface area contributed by atoms with Gasteiger partial charge in [-0.1, -0.05) is 20.8 Å². The van der Waals surface area contributed by atoms with E-state index in [4.69, 9.17) is 14.0 Å². The molecule has 1 aliphatic heterocycles. The number of carboxylic acid groups (broad SMARTS) is 1. The minimum atomic E-state index is -3.92. The molecule has 46 heavy (non-hydrogen) atoms. The third kappa shape index (κ3) is 9.41. The van der Waals surface area contributed by atoms with E-state index in [9.17, 15) is 37.9 Å². The van der Waals surface area contributed by atoms with Gasteiger partial charge in [-0.15, -0.1) is 0 Å². The second-order valence-corrected chi connectivity index (χ2v) is 17.6. The van der Waals surface area contributed by atoms with Crippen LogP contribution in [0.3, 0.4) is 0 Å². The minimum Gasteiger partial charge on any atom is -0.503 e. The van der Waals surface area contributed by atoms with Crippen molar-refractivity contribution in [3.05, 3.63) is 29.3 Å². The Morgan fingerprint density at radius 3 is 1.89 bits per heavy atom. The lowest BCUT2D eigenvalue weighted by molar-refractivity contribution is -0.146. The van der Waals surface area contributed by atoms with Crippen LogP contribution in [0.15, 0.2) is 12.1 Å². The van der Waals surface area contributed by atoms with Crippen LogP contribution in [0, 0.1) is 17.0 Å². The lowest BCUT2D eigenvalue weighted by Crippen LogP contribution is -2.66. The summed E-state index contributed by atoms with van der Waals surface area (Å²) < 4.78 is 59.8. The first-order chi connectivity index (χ1) is 20.9. The molecule has 14 heteroatoms. The molecule has 1 heterocycles. The predicted molar refractivity (Wildman–Crippen MR) is 169 cm³/mol. The number of phenols is 1. The zero-order chi connectivity index (χ0) is 35.5. The molecule has 3 atom stereocenters. The fourth-order valence-corrected chi connectivity index (χ4v) is 9.49. The van der Waals surface area contributed by atoms with Gasteiger partial charge >= 0.3 is 18.2 Å². The molecule has 0 spiro atoms. The largest absolute Gasteiger partial charge is 0.503 e. The Labute approximate surface area is 271 Å². The Balaban J connectivity index is 2.51. The number of hydrogen-bond acceptors (Lipinski definition) is 9. The molecule has 2 amide bonds. The van der Waals surface area contributed by atoms with E-state index >= 15 is 0 Å². The van der Waals surface area contributed by atoms with Crippen LogP contribution in [0.2, 0.25) is 0 Å². The number of amides is 2. The lowest BCUT2D eigenvalue weighted by Gasteiger charge is -2.55. The second-order valence-electron chi connectivity index (χ2n) is 14.8. The summed E-state index contributed by atoms with van der Waals surface area (Å²) in [5.41, 5.74) is -2.45. The fourth-order valence-electron chi connectivity index (χ4n) is 6.08. The van der Waals surface area contributed by atoms with Gasteiger partial charge in [0, 0.05) is 31.8 Å². The highest BCUT2D eigenvalue weighted by molar-refractivity contribution is 7.62. The molecule has 2 N–H and O–H groups in total. The highest BCUT2D eigenvalue weighted by atomic mass is 31.2. The van der Waals surface area contributed by atoms with Gasteiger partial charge in [-0.3, -0.25) is 14.3 Å². The van der Waals surface area contributed by atoms with E-state index in [0.717, 1.165) is 17.0 Å². The number of unbranched alkanes of at least 4 members (excludes halogenated alkanes) is 1. The number of halogens is 2. The number of carboxylic acids is 1. The summed E-state index contributed by atoms with van der Waals surface area (Å²) in [4.78, 5) is 42.0. The highest BCUT2D eigenvalue weighted by Crippen LogP contribution is 2.67. The molecule has 0 saturated carbocycles. The number of imide groups is 1. The molecular weight excluding hydrogens is 625 g/mol. The van der Waals surface area contributed by atoms with Gasteiger partial charge in [0.25, 0.3) is 0 Å². The van der Waals surface area contributed by atoms with Gasteiger partial charge in [0.2, 0.25) is 7.37 Å². The number of hydrogen-bond donors (Lipinski definition) is 2. The van der Waals surface area contributed by atoms with Gasteiger partial charge < -0.3 is 24.2 Å².